The molecular weight excluding hydrogens is 336 g/mol. The van der Waals surface area contributed by atoms with Gasteiger partial charge in [0.15, 0.2) is 0 Å². The van der Waals surface area contributed by atoms with Gasteiger partial charge in [0.05, 0.1) is 0 Å². The molecule has 0 unspecified atom stereocenters. The zero-order valence-corrected chi connectivity index (χ0v) is 16.6. The minimum Gasteiger partial charge on any atom is -0.342 e. The quantitative estimate of drug-likeness (QED) is 0.799. The fourth-order valence-electron chi connectivity index (χ4n) is 4.87. The van der Waals surface area contributed by atoms with Crippen molar-refractivity contribution in [3.63, 3.8) is 0 Å². The molecule has 0 saturated carbocycles. The van der Waals surface area contributed by atoms with E-state index >= 15 is 0 Å². The highest BCUT2D eigenvalue weighted by Gasteiger charge is 2.31. The van der Waals surface area contributed by atoms with Crippen LogP contribution in [0.25, 0.3) is 0 Å². The van der Waals surface area contributed by atoms with E-state index in [4.69, 9.17) is 0 Å². The lowest BCUT2D eigenvalue weighted by Gasteiger charge is -2.36. The number of likely N-dealkylation sites (tertiary alicyclic amines) is 2. The van der Waals surface area contributed by atoms with E-state index in [2.05, 4.69) is 24.0 Å². The highest BCUT2D eigenvalue weighted by molar-refractivity contribution is 5.94. The van der Waals surface area contributed by atoms with Gasteiger partial charge in [-0.1, -0.05) is 13.0 Å². The van der Waals surface area contributed by atoms with E-state index in [0.717, 1.165) is 63.1 Å². The largest absolute Gasteiger partial charge is 0.342 e. The molecule has 1 aromatic rings. The number of hydrogen-bond donors (Lipinski definition) is 0. The summed E-state index contributed by atoms with van der Waals surface area (Å²) >= 11 is 0. The van der Waals surface area contributed by atoms with Gasteiger partial charge in [-0.3, -0.25) is 9.59 Å². The van der Waals surface area contributed by atoms with Crippen LogP contribution < -0.4 is 0 Å². The summed E-state index contributed by atoms with van der Waals surface area (Å²) in [5.41, 5.74) is 3.60. The molecule has 1 aliphatic carbocycles. The molecule has 0 aromatic heterocycles. The lowest BCUT2D eigenvalue weighted by molar-refractivity contribution is -0.138. The van der Waals surface area contributed by atoms with Crippen LogP contribution in [0.4, 0.5) is 0 Å². The standard InChI is InChI=1S/C23H32N2O2/c1-17-8-12-24(13-9-17)22(26)19-10-14-25(15-11-19)23(27)21-7-6-18-4-2-3-5-20(18)16-21/h6-7,16-17,19H,2-5,8-15H2,1H3. The zero-order valence-electron chi connectivity index (χ0n) is 16.6. The van der Waals surface area contributed by atoms with Crippen molar-refractivity contribution in [3.8, 4) is 0 Å². The molecule has 2 heterocycles. The van der Waals surface area contributed by atoms with Crippen molar-refractivity contribution in [1.82, 2.24) is 9.80 Å². The Morgan fingerprint density at radius 3 is 2.19 bits per heavy atom. The van der Waals surface area contributed by atoms with Gasteiger partial charge in [0.1, 0.15) is 0 Å². The fourth-order valence-corrected chi connectivity index (χ4v) is 4.87. The Balaban J connectivity index is 1.33. The highest BCUT2D eigenvalue weighted by Crippen LogP contribution is 2.26. The van der Waals surface area contributed by atoms with Crippen LogP contribution in [0.3, 0.4) is 0 Å². The molecular formula is C23H32N2O2. The maximum Gasteiger partial charge on any atom is 0.253 e. The molecule has 3 aliphatic rings. The third kappa shape index (κ3) is 4.04. The topological polar surface area (TPSA) is 40.6 Å². The van der Waals surface area contributed by atoms with E-state index in [0.29, 0.717) is 19.0 Å². The van der Waals surface area contributed by atoms with E-state index in [9.17, 15) is 9.59 Å². The summed E-state index contributed by atoms with van der Waals surface area (Å²) in [5, 5.41) is 0. The number of carbonyl (C=O) groups is 2. The number of hydrogen-bond acceptors (Lipinski definition) is 2. The molecule has 4 rings (SSSR count). The molecule has 4 nitrogen and oxygen atoms in total. The van der Waals surface area contributed by atoms with Crippen molar-refractivity contribution in [2.24, 2.45) is 11.8 Å². The molecule has 0 N–H and O–H groups in total. The highest BCUT2D eigenvalue weighted by atomic mass is 16.2. The molecule has 2 aliphatic heterocycles. The molecule has 0 atom stereocenters. The monoisotopic (exact) mass is 368 g/mol. The van der Waals surface area contributed by atoms with E-state index < -0.39 is 0 Å². The van der Waals surface area contributed by atoms with E-state index in [1.54, 1.807) is 0 Å². The molecule has 0 spiro atoms. The lowest BCUT2D eigenvalue weighted by Crippen LogP contribution is -2.46. The summed E-state index contributed by atoms with van der Waals surface area (Å²) in [6.07, 6.45) is 8.60. The smallest absolute Gasteiger partial charge is 0.253 e. The first kappa shape index (κ1) is 18.5. The van der Waals surface area contributed by atoms with Gasteiger partial charge in [0.2, 0.25) is 5.91 Å². The molecule has 2 saturated heterocycles. The molecule has 27 heavy (non-hydrogen) atoms. The molecule has 2 fully saturated rings. The number of nitrogens with zero attached hydrogens (tertiary/aromatic N) is 2. The first-order valence-corrected chi connectivity index (χ1v) is 10.8. The van der Waals surface area contributed by atoms with Gasteiger partial charge in [-0.05, 0) is 80.5 Å². The zero-order chi connectivity index (χ0) is 18.8. The number of piperidine rings is 2. The molecule has 4 heteroatoms. The Hall–Kier alpha value is -1.84. The van der Waals surface area contributed by atoms with Crippen LogP contribution >= 0.6 is 0 Å². The van der Waals surface area contributed by atoms with Gasteiger partial charge in [-0.25, -0.2) is 0 Å². The van der Waals surface area contributed by atoms with Gasteiger partial charge < -0.3 is 9.80 Å². The Morgan fingerprint density at radius 1 is 0.852 bits per heavy atom. The Labute approximate surface area is 162 Å². The maximum absolute atomic E-state index is 12.9. The Morgan fingerprint density at radius 2 is 1.48 bits per heavy atom. The van der Waals surface area contributed by atoms with Crippen LogP contribution in [0.5, 0.6) is 0 Å². The predicted molar refractivity (Wildman–Crippen MR) is 107 cm³/mol. The molecule has 0 bridgehead atoms. The summed E-state index contributed by atoms with van der Waals surface area (Å²) in [6, 6.07) is 6.26. The van der Waals surface area contributed by atoms with Crippen molar-refractivity contribution < 1.29 is 9.59 Å². The molecule has 146 valence electrons. The predicted octanol–water partition coefficient (Wildman–Crippen LogP) is 3.68. The van der Waals surface area contributed by atoms with Crippen LogP contribution in [0.2, 0.25) is 0 Å². The summed E-state index contributed by atoms with van der Waals surface area (Å²) in [6.45, 7) is 5.50. The minimum absolute atomic E-state index is 0.103. The van der Waals surface area contributed by atoms with Gasteiger partial charge in [0.25, 0.3) is 5.91 Å². The SMILES string of the molecule is CC1CCN(C(=O)C2CCN(C(=O)c3ccc4c(c3)CCCC4)CC2)CC1. The Kier molecular flexibility index (Phi) is 5.51. The van der Waals surface area contributed by atoms with Crippen LogP contribution in [-0.2, 0) is 17.6 Å². The van der Waals surface area contributed by atoms with E-state index in [1.807, 2.05) is 11.0 Å². The van der Waals surface area contributed by atoms with Gasteiger partial charge in [-0.15, -0.1) is 0 Å². The van der Waals surface area contributed by atoms with Crippen LogP contribution in [0.1, 0.15) is 66.9 Å². The van der Waals surface area contributed by atoms with Crippen LogP contribution in [-0.4, -0.2) is 47.8 Å². The molecule has 0 radical (unpaired) electrons. The first-order chi connectivity index (χ1) is 13.1. The summed E-state index contributed by atoms with van der Waals surface area (Å²) < 4.78 is 0. The number of amides is 2. The van der Waals surface area contributed by atoms with Crippen molar-refractivity contribution >= 4 is 11.8 Å². The second-order valence-electron chi connectivity index (χ2n) is 8.76. The lowest BCUT2D eigenvalue weighted by atomic mass is 9.89. The van der Waals surface area contributed by atoms with Crippen molar-refractivity contribution in [2.45, 2.75) is 58.3 Å². The number of carbonyl (C=O) groups excluding carboxylic acids is 2. The number of rotatable bonds is 2. The number of benzene rings is 1. The van der Waals surface area contributed by atoms with E-state index in [-0.39, 0.29) is 11.8 Å². The number of aryl methyl sites for hydroxylation is 2. The average molecular weight is 369 g/mol. The normalized spacial score (nSPS) is 21.8. The molecule has 2 amide bonds. The average Bonchev–Trinajstić information content (AvgIpc) is 2.73. The van der Waals surface area contributed by atoms with Gasteiger partial charge >= 0.3 is 0 Å². The summed E-state index contributed by atoms with van der Waals surface area (Å²) in [5.74, 6) is 1.31. The second-order valence-corrected chi connectivity index (χ2v) is 8.76. The van der Waals surface area contributed by atoms with Crippen LogP contribution in [0.15, 0.2) is 18.2 Å². The Bertz CT molecular complexity index is 698. The van der Waals surface area contributed by atoms with Gasteiger partial charge in [0, 0.05) is 37.7 Å². The summed E-state index contributed by atoms with van der Waals surface area (Å²) in [7, 11) is 0. The molecule has 1 aromatic carbocycles. The third-order valence-electron chi connectivity index (χ3n) is 6.82. The van der Waals surface area contributed by atoms with Crippen molar-refractivity contribution in [3.05, 3.63) is 34.9 Å². The van der Waals surface area contributed by atoms with Crippen LogP contribution in [0, 0.1) is 11.8 Å². The second kappa shape index (κ2) is 8.04. The summed E-state index contributed by atoms with van der Waals surface area (Å²) in [4.78, 5) is 29.7. The van der Waals surface area contributed by atoms with E-state index in [1.165, 1.54) is 24.0 Å². The number of fused-ring (bicyclic) bond motifs is 1. The van der Waals surface area contributed by atoms with Gasteiger partial charge in [-0.2, -0.15) is 0 Å². The minimum atomic E-state index is 0.103. The maximum atomic E-state index is 12.9. The van der Waals surface area contributed by atoms with Crippen molar-refractivity contribution in [2.75, 3.05) is 26.2 Å². The first-order valence-electron chi connectivity index (χ1n) is 10.8. The fraction of sp³-hybridized carbons (Fsp3) is 0.652. The van der Waals surface area contributed by atoms with Crippen molar-refractivity contribution in [1.29, 1.82) is 0 Å². The third-order valence-corrected chi connectivity index (χ3v) is 6.82.